The Morgan fingerprint density at radius 2 is 1.72 bits per heavy atom. The van der Waals surface area contributed by atoms with E-state index < -0.39 is 35.4 Å². The molecule has 6 rings (SSSR count). The van der Waals surface area contributed by atoms with Crippen molar-refractivity contribution < 1.29 is 27.5 Å². The molecule has 12 heteroatoms. The molecule has 0 unspecified atom stereocenters. The number of imidazole rings is 1. The zero-order valence-corrected chi connectivity index (χ0v) is 25.0. The number of carbonyl (C=O) groups is 2. The lowest BCUT2D eigenvalue weighted by Crippen LogP contribution is -2.39. The number of fused-ring (bicyclic) bond motifs is 1. The van der Waals surface area contributed by atoms with E-state index in [0.29, 0.717) is 66.5 Å². The highest BCUT2D eigenvalue weighted by molar-refractivity contribution is 5.95. The number of pyridine rings is 1. The van der Waals surface area contributed by atoms with E-state index in [1.165, 1.54) is 48.1 Å². The van der Waals surface area contributed by atoms with Gasteiger partial charge in [-0.15, -0.1) is 0 Å². The Morgan fingerprint density at radius 3 is 2.48 bits per heavy atom. The minimum Gasteiger partial charge on any atom is -0.379 e. The summed E-state index contributed by atoms with van der Waals surface area (Å²) >= 11 is 0. The molecule has 46 heavy (non-hydrogen) atoms. The fourth-order valence-electron chi connectivity index (χ4n) is 5.70. The Kier molecular flexibility index (Phi) is 9.08. The summed E-state index contributed by atoms with van der Waals surface area (Å²) in [6.45, 7) is 2.92. The fourth-order valence-corrected chi connectivity index (χ4v) is 5.70. The molecule has 2 aromatic heterocycles. The standard InChI is InChI=1S/C34H31F3N6O3/c1-38-33(44)26-18-22(8-9-27(26)37)25-5-4-10-39-32(25)29(17-21-15-23(35)19-24(36)16-21)41-34(45)43-30-7-3-2-6-28(30)40-31(43)20-42-11-13-46-14-12-42/h2-10,15-16,18-19,29H,11-14,17,20H2,1H3,(H,38,44)(H,41,45)/t29-/m0/s1. The highest BCUT2D eigenvalue weighted by Crippen LogP contribution is 2.31. The second-order valence-electron chi connectivity index (χ2n) is 10.9. The van der Waals surface area contributed by atoms with Gasteiger partial charge in [-0.05, 0) is 60.0 Å². The molecule has 0 radical (unpaired) electrons. The molecule has 3 heterocycles. The number of aromatic nitrogens is 3. The molecular formula is C34H31F3N6O3. The molecule has 1 aliphatic rings. The van der Waals surface area contributed by atoms with Crippen molar-refractivity contribution in [2.45, 2.75) is 19.0 Å². The number of hydrogen-bond acceptors (Lipinski definition) is 6. The predicted octanol–water partition coefficient (Wildman–Crippen LogP) is 5.25. The predicted molar refractivity (Wildman–Crippen MR) is 166 cm³/mol. The first-order chi connectivity index (χ1) is 22.3. The molecule has 3 aromatic carbocycles. The third kappa shape index (κ3) is 6.63. The van der Waals surface area contributed by atoms with Gasteiger partial charge in [0.15, 0.2) is 0 Å². The topological polar surface area (TPSA) is 101 Å². The monoisotopic (exact) mass is 628 g/mol. The minimum atomic E-state index is -0.907. The zero-order valence-electron chi connectivity index (χ0n) is 25.0. The summed E-state index contributed by atoms with van der Waals surface area (Å²) in [5, 5.41) is 5.47. The number of morpholine rings is 1. The van der Waals surface area contributed by atoms with Gasteiger partial charge < -0.3 is 15.4 Å². The molecule has 0 aliphatic carbocycles. The van der Waals surface area contributed by atoms with E-state index in [2.05, 4.69) is 20.5 Å². The van der Waals surface area contributed by atoms with E-state index in [1.54, 1.807) is 18.2 Å². The number of amides is 2. The Bertz CT molecular complexity index is 1890. The molecule has 2 N–H and O–H groups in total. The first-order valence-electron chi connectivity index (χ1n) is 14.8. The molecule has 1 fully saturated rings. The summed E-state index contributed by atoms with van der Waals surface area (Å²) in [7, 11) is 1.40. The van der Waals surface area contributed by atoms with Gasteiger partial charge in [-0.3, -0.25) is 14.7 Å². The van der Waals surface area contributed by atoms with E-state index in [0.717, 1.165) is 6.07 Å². The van der Waals surface area contributed by atoms with Crippen molar-refractivity contribution in [1.82, 2.24) is 30.1 Å². The van der Waals surface area contributed by atoms with Crippen LogP contribution in [0.4, 0.5) is 18.0 Å². The van der Waals surface area contributed by atoms with Crippen LogP contribution in [-0.2, 0) is 17.7 Å². The quantitative estimate of drug-likeness (QED) is 0.244. The van der Waals surface area contributed by atoms with Crippen LogP contribution < -0.4 is 10.6 Å². The maximum atomic E-state index is 14.6. The lowest BCUT2D eigenvalue weighted by atomic mass is 9.94. The summed E-state index contributed by atoms with van der Waals surface area (Å²) in [4.78, 5) is 38.1. The molecular weight excluding hydrogens is 597 g/mol. The average Bonchev–Trinajstić information content (AvgIpc) is 3.42. The molecule has 2 amide bonds. The number of rotatable bonds is 8. The Hall–Kier alpha value is -5.07. The maximum absolute atomic E-state index is 14.6. The van der Waals surface area contributed by atoms with Crippen molar-refractivity contribution in [1.29, 1.82) is 0 Å². The van der Waals surface area contributed by atoms with Crippen molar-refractivity contribution in [3.05, 3.63) is 119 Å². The van der Waals surface area contributed by atoms with Gasteiger partial charge in [-0.2, -0.15) is 0 Å². The molecule has 1 saturated heterocycles. The van der Waals surface area contributed by atoms with Gasteiger partial charge in [0, 0.05) is 38.0 Å². The second kappa shape index (κ2) is 13.5. The summed E-state index contributed by atoms with van der Waals surface area (Å²) in [6.07, 6.45) is 1.50. The number of para-hydroxylation sites is 2. The van der Waals surface area contributed by atoms with Crippen molar-refractivity contribution in [3.8, 4) is 11.1 Å². The van der Waals surface area contributed by atoms with Crippen LogP contribution in [0.1, 0.15) is 33.5 Å². The molecule has 0 saturated carbocycles. The lowest BCUT2D eigenvalue weighted by molar-refractivity contribution is 0.0329. The molecule has 236 valence electrons. The molecule has 5 aromatic rings. The summed E-state index contributed by atoms with van der Waals surface area (Å²) in [6, 6.07) is 16.5. The van der Waals surface area contributed by atoms with Gasteiger partial charge in [0.2, 0.25) is 0 Å². The van der Waals surface area contributed by atoms with Crippen LogP contribution in [-0.4, -0.2) is 64.7 Å². The molecule has 1 atom stereocenters. The SMILES string of the molecule is CNC(=O)c1cc(-c2cccnc2[C@H](Cc2cc(F)cc(F)c2)NC(=O)n2c(CN3CCOCC3)nc3ccccc32)ccc1F. The van der Waals surface area contributed by atoms with Crippen molar-refractivity contribution in [3.63, 3.8) is 0 Å². The van der Waals surface area contributed by atoms with Gasteiger partial charge in [0.25, 0.3) is 5.91 Å². The van der Waals surface area contributed by atoms with E-state index in [-0.39, 0.29) is 17.5 Å². The van der Waals surface area contributed by atoms with E-state index in [1.807, 2.05) is 18.2 Å². The van der Waals surface area contributed by atoms with Crippen LogP contribution in [0.15, 0.2) is 79.0 Å². The smallest absolute Gasteiger partial charge is 0.328 e. The van der Waals surface area contributed by atoms with Crippen LogP contribution >= 0.6 is 0 Å². The van der Waals surface area contributed by atoms with E-state index in [9.17, 15) is 22.8 Å². The molecule has 0 bridgehead atoms. The zero-order chi connectivity index (χ0) is 32.2. The Balaban J connectivity index is 1.43. The maximum Gasteiger partial charge on any atom is 0.328 e. The third-order valence-corrected chi connectivity index (χ3v) is 7.88. The summed E-state index contributed by atoms with van der Waals surface area (Å²) in [5.74, 6) is -2.31. The number of nitrogens with one attached hydrogen (secondary N) is 2. The lowest BCUT2D eigenvalue weighted by Gasteiger charge is -2.26. The van der Waals surface area contributed by atoms with Crippen molar-refractivity contribution in [2.24, 2.45) is 0 Å². The normalized spacial score (nSPS) is 14.3. The van der Waals surface area contributed by atoms with Crippen LogP contribution in [0.25, 0.3) is 22.2 Å². The second-order valence-corrected chi connectivity index (χ2v) is 10.9. The number of carbonyl (C=O) groups excluding carboxylic acids is 2. The van der Waals surface area contributed by atoms with Crippen molar-refractivity contribution in [2.75, 3.05) is 33.4 Å². The molecule has 1 aliphatic heterocycles. The molecule has 9 nitrogen and oxygen atoms in total. The van der Waals surface area contributed by atoms with Crippen LogP contribution in [0.2, 0.25) is 0 Å². The minimum absolute atomic E-state index is 0.0284. The summed E-state index contributed by atoms with van der Waals surface area (Å²) < 4.78 is 50.2. The van der Waals surface area contributed by atoms with Crippen LogP contribution in [0.5, 0.6) is 0 Å². The number of hydrogen-bond donors (Lipinski definition) is 2. The van der Waals surface area contributed by atoms with Gasteiger partial charge in [-0.25, -0.2) is 27.5 Å². The fraction of sp³-hybridized carbons (Fsp3) is 0.235. The van der Waals surface area contributed by atoms with Crippen molar-refractivity contribution >= 4 is 23.0 Å². The first-order valence-corrected chi connectivity index (χ1v) is 14.8. The van der Waals surface area contributed by atoms with E-state index >= 15 is 0 Å². The number of benzene rings is 3. The number of ether oxygens (including phenoxy) is 1. The first kappa shape index (κ1) is 30.9. The number of halogens is 3. The highest BCUT2D eigenvalue weighted by Gasteiger charge is 2.26. The third-order valence-electron chi connectivity index (χ3n) is 7.88. The van der Waals surface area contributed by atoms with Gasteiger partial charge >= 0.3 is 6.03 Å². The van der Waals surface area contributed by atoms with Gasteiger partial charge in [0.1, 0.15) is 23.3 Å². The van der Waals surface area contributed by atoms with Gasteiger partial charge in [0.05, 0.1) is 48.1 Å². The Morgan fingerprint density at radius 1 is 0.957 bits per heavy atom. The van der Waals surface area contributed by atoms with Crippen LogP contribution in [0.3, 0.4) is 0 Å². The highest BCUT2D eigenvalue weighted by atomic mass is 19.1. The Labute approximate surface area is 263 Å². The average molecular weight is 629 g/mol. The molecule has 0 spiro atoms. The van der Waals surface area contributed by atoms with Gasteiger partial charge in [-0.1, -0.05) is 24.3 Å². The summed E-state index contributed by atoms with van der Waals surface area (Å²) in [5.41, 5.74) is 2.67. The van der Waals surface area contributed by atoms with E-state index in [4.69, 9.17) is 9.72 Å². The number of nitrogens with zero attached hydrogens (tertiary/aromatic N) is 4. The largest absolute Gasteiger partial charge is 0.379 e. The van der Waals surface area contributed by atoms with Crippen LogP contribution in [0, 0.1) is 17.5 Å².